The molecule has 0 N–H and O–H groups in total. The Labute approximate surface area is 147 Å². The monoisotopic (exact) mass is 390 g/mol. The van der Waals surface area contributed by atoms with Crippen LogP contribution in [0.4, 0.5) is 5.69 Å². The molecule has 2 aliphatic heterocycles. The zero-order chi connectivity index (χ0) is 15.8. The minimum absolute atomic E-state index is 0.530. The normalized spacial score (nSPS) is 24.0. The third kappa shape index (κ3) is 2.77. The van der Waals surface area contributed by atoms with E-state index in [2.05, 4.69) is 73.8 Å². The summed E-state index contributed by atoms with van der Waals surface area (Å²) in [7, 11) is 1.24. The quantitative estimate of drug-likeness (QED) is 0.723. The number of rotatable bonds is 3. The van der Waals surface area contributed by atoms with Gasteiger partial charge in [0, 0.05) is 29.3 Å². The molecule has 2 aliphatic rings. The van der Waals surface area contributed by atoms with E-state index in [0.717, 1.165) is 16.8 Å². The fourth-order valence-electron chi connectivity index (χ4n) is 3.56. The van der Waals surface area contributed by atoms with Gasteiger partial charge in [0.05, 0.1) is 12.4 Å². The van der Waals surface area contributed by atoms with Crippen LogP contribution in [0.25, 0.3) is 0 Å². The molecule has 2 fully saturated rings. The second-order valence-corrected chi connectivity index (χ2v) is 8.95. The van der Waals surface area contributed by atoms with E-state index in [4.69, 9.17) is 4.74 Å². The SMILES string of the molecule is COc1ccccc1P1N(c2ccc(Br)cc2)C[C@@H]2CCCN21. The van der Waals surface area contributed by atoms with E-state index in [1.807, 2.05) is 0 Å². The molecule has 0 spiro atoms. The van der Waals surface area contributed by atoms with E-state index in [1.165, 1.54) is 30.4 Å². The van der Waals surface area contributed by atoms with Gasteiger partial charge in [0.2, 0.25) is 0 Å². The van der Waals surface area contributed by atoms with Gasteiger partial charge in [0.15, 0.2) is 0 Å². The number of fused-ring (bicyclic) bond motifs is 1. The molecule has 3 nitrogen and oxygen atoms in total. The maximum Gasteiger partial charge on any atom is 0.129 e. The number of hydrogen-bond acceptors (Lipinski definition) is 3. The molecule has 2 atom stereocenters. The number of methoxy groups -OCH3 is 1. The van der Waals surface area contributed by atoms with Gasteiger partial charge in [-0.05, 0) is 49.2 Å². The smallest absolute Gasteiger partial charge is 0.129 e. The number of para-hydroxylation sites is 1. The van der Waals surface area contributed by atoms with E-state index < -0.39 is 8.22 Å². The van der Waals surface area contributed by atoms with Crippen molar-refractivity contribution >= 4 is 35.1 Å². The summed E-state index contributed by atoms with van der Waals surface area (Å²) < 4.78 is 12.1. The average molecular weight is 391 g/mol. The fourth-order valence-corrected chi connectivity index (χ4v) is 6.75. The first kappa shape index (κ1) is 15.4. The zero-order valence-corrected chi connectivity index (χ0v) is 15.6. The molecule has 2 saturated heterocycles. The number of hydrogen-bond donors (Lipinski definition) is 0. The van der Waals surface area contributed by atoms with Crippen molar-refractivity contribution in [3.05, 3.63) is 53.0 Å². The Bertz CT molecular complexity index is 694. The topological polar surface area (TPSA) is 15.7 Å². The molecule has 0 radical (unpaired) electrons. The number of ether oxygens (including phenoxy) is 1. The van der Waals surface area contributed by atoms with Gasteiger partial charge >= 0.3 is 0 Å². The van der Waals surface area contributed by atoms with Crippen LogP contribution in [-0.2, 0) is 0 Å². The summed E-state index contributed by atoms with van der Waals surface area (Å²) in [6.45, 7) is 2.31. The third-order valence-corrected chi connectivity index (χ3v) is 7.82. The molecule has 4 rings (SSSR count). The molecule has 120 valence electrons. The van der Waals surface area contributed by atoms with E-state index in [1.54, 1.807) is 7.11 Å². The van der Waals surface area contributed by atoms with Crippen LogP contribution in [0.3, 0.4) is 0 Å². The molecule has 5 heteroatoms. The van der Waals surface area contributed by atoms with Crippen LogP contribution in [0.1, 0.15) is 12.8 Å². The molecule has 0 bridgehead atoms. The van der Waals surface area contributed by atoms with Gasteiger partial charge in [-0.15, -0.1) is 0 Å². The standard InChI is InChI=1S/C18H20BrN2OP/c1-22-17-6-2-3-7-18(17)23-20-12-4-5-16(20)13-21(23)15-10-8-14(19)9-11-15/h2-3,6-11,16H,4-5,12-13H2,1H3/t16-,23?/m0/s1. The second kappa shape index (κ2) is 6.43. The summed E-state index contributed by atoms with van der Waals surface area (Å²) >= 11 is 3.54. The van der Waals surface area contributed by atoms with Gasteiger partial charge in [-0.2, -0.15) is 0 Å². The van der Waals surface area contributed by atoms with Gasteiger partial charge in [0.1, 0.15) is 14.0 Å². The lowest BCUT2D eigenvalue weighted by Crippen LogP contribution is -2.24. The van der Waals surface area contributed by atoms with E-state index in [0.29, 0.717) is 6.04 Å². The van der Waals surface area contributed by atoms with Crippen LogP contribution in [0.2, 0.25) is 0 Å². The van der Waals surface area contributed by atoms with Gasteiger partial charge < -0.3 is 9.41 Å². The lowest BCUT2D eigenvalue weighted by Gasteiger charge is -2.31. The summed E-state index contributed by atoms with van der Waals surface area (Å²) in [5, 5.41) is 1.33. The molecule has 0 saturated carbocycles. The summed E-state index contributed by atoms with van der Waals surface area (Å²) in [4.78, 5) is 0. The third-order valence-electron chi connectivity index (χ3n) is 4.63. The molecule has 2 heterocycles. The summed E-state index contributed by atoms with van der Waals surface area (Å²) in [6.07, 6.45) is 2.62. The Hall–Kier alpha value is -1.09. The van der Waals surface area contributed by atoms with Crippen LogP contribution in [0.5, 0.6) is 5.75 Å². The van der Waals surface area contributed by atoms with Crippen LogP contribution in [0.15, 0.2) is 53.0 Å². The van der Waals surface area contributed by atoms with Crippen molar-refractivity contribution in [1.82, 2.24) is 4.67 Å². The number of nitrogens with zero attached hydrogens (tertiary/aromatic N) is 2. The molecule has 1 unspecified atom stereocenters. The minimum atomic E-state index is -0.530. The molecule has 2 aromatic rings. The van der Waals surface area contributed by atoms with Crippen molar-refractivity contribution in [2.75, 3.05) is 24.9 Å². The Morgan fingerprint density at radius 1 is 1.13 bits per heavy atom. The van der Waals surface area contributed by atoms with Gasteiger partial charge in [-0.1, -0.05) is 28.1 Å². The van der Waals surface area contributed by atoms with Crippen LogP contribution >= 0.6 is 24.2 Å². The summed E-state index contributed by atoms with van der Waals surface area (Å²) in [5.74, 6) is 1.01. The highest BCUT2D eigenvalue weighted by Crippen LogP contribution is 2.56. The Morgan fingerprint density at radius 2 is 1.91 bits per heavy atom. The van der Waals surface area contributed by atoms with Gasteiger partial charge in [0.25, 0.3) is 0 Å². The lowest BCUT2D eigenvalue weighted by molar-refractivity contribution is 0.417. The highest BCUT2D eigenvalue weighted by molar-refractivity contribution is 9.10. The Balaban J connectivity index is 1.77. The van der Waals surface area contributed by atoms with Crippen molar-refractivity contribution in [3.8, 4) is 5.75 Å². The molecular formula is C18H20BrN2OP. The summed E-state index contributed by atoms with van der Waals surface area (Å²) in [6, 6.07) is 17.9. The summed E-state index contributed by atoms with van der Waals surface area (Å²) in [5.41, 5.74) is 1.31. The Kier molecular flexibility index (Phi) is 4.31. The number of benzene rings is 2. The maximum atomic E-state index is 5.66. The predicted octanol–water partition coefficient (Wildman–Crippen LogP) is 4.38. The second-order valence-electron chi connectivity index (χ2n) is 5.98. The molecular weight excluding hydrogens is 371 g/mol. The van der Waals surface area contributed by atoms with Gasteiger partial charge in [-0.25, -0.2) is 0 Å². The average Bonchev–Trinajstić information content (AvgIpc) is 3.16. The zero-order valence-electron chi connectivity index (χ0n) is 13.2. The van der Waals surface area contributed by atoms with Crippen molar-refractivity contribution in [1.29, 1.82) is 0 Å². The van der Waals surface area contributed by atoms with Crippen molar-refractivity contribution in [3.63, 3.8) is 0 Å². The van der Waals surface area contributed by atoms with Crippen molar-refractivity contribution < 1.29 is 4.74 Å². The Morgan fingerprint density at radius 3 is 2.70 bits per heavy atom. The largest absolute Gasteiger partial charge is 0.496 e. The first-order valence-corrected chi connectivity index (χ1v) is 10.0. The number of halogens is 1. The molecule has 23 heavy (non-hydrogen) atoms. The first-order chi connectivity index (χ1) is 11.3. The molecule has 0 aliphatic carbocycles. The maximum absolute atomic E-state index is 5.66. The molecule has 0 amide bonds. The highest BCUT2D eigenvalue weighted by Gasteiger charge is 2.44. The number of anilines is 1. The van der Waals surface area contributed by atoms with E-state index in [-0.39, 0.29) is 0 Å². The lowest BCUT2D eigenvalue weighted by atomic mass is 10.2. The van der Waals surface area contributed by atoms with Crippen LogP contribution < -0.4 is 14.7 Å². The fraction of sp³-hybridized carbons (Fsp3) is 0.333. The van der Waals surface area contributed by atoms with Crippen LogP contribution in [0, 0.1) is 0 Å². The van der Waals surface area contributed by atoms with Crippen molar-refractivity contribution in [2.24, 2.45) is 0 Å². The van der Waals surface area contributed by atoms with E-state index >= 15 is 0 Å². The van der Waals surface area contributed by atoms with Crippen molar-refractivity contribution in [2.45, 2.75) is 18.9 Å². The highest BCUT2D eigenvalue weighted by atomic mass is 79.9. The molecule has 2 aromatic carbocycles. The predicted molar refractivity (Wildman–Crippen MR) is 101 cm³/mol. The minimum Gasteiger partial charge on any atom is -0.496 e. The van der Waals surface area contributed by atoms with Crippen LogP contribution in [-0.4, -0.2) is 30.9 Å². The molecule has 0 aromatic heterocycles. The van der Waals surface area contributed by atoms with E-state index in [9.17, 15) is 0 Å². The van der Waals surface area contributed by atoms with Gasteiger partial charge in [-0.3, -0.25) is 4.67 Å². The first-order valence-electron chi connectivity index (χ1n) is 8.00.